The maximum Gasteiger partial charge on any atom is 0.352 e. The minimum absolute atomic E-state index is 0.0567. The summed E-state index contributed by atoms with van der Waals surface area (Å²) in [4.78, 5) is 133. The van der Waals surface area contributed by atoms with Crippen molar-refractivity contribution in [3.8, 4) is 0 Å². The molecule has 0 unspecified atom stereocenters. The van der Waals surface area contributed by atoms with Gasteiger partial charge in [-0.15, -0.1) is 0 Å². The van der Waals surface area contributed by atoms with Crippen LogP contribution in [0, 0.1) is 0 Å². The number of carbonyl (C=O) groups is 9. The van der Waals surface area contributed by atoms with Gasteiger partial charge in [-0.25, -0.2) is 19.2 Å². The SMILES string of the molecule is CC/C=C\C/C=C\C/C=C\CCCCCCCC(=O)O[C@@H]([C@H](OC(=O)CCCCCCC/C=C\C/C=C\CCCCC)[C@@H](OC(=O)CCCCCCC/C=C\C/C=C\CCCCC)C(=O)O[C@@H](C(=O)O)[C@@H](OC(=O)[C@H](O)[C@@H](O)[C@H](O)[C@H](O)CO)[C@H](OC(=O)[C@H](O)[C@@H](O)[C@H](O)[C@H](O)CO)[C@@H](COC(=O)CCCCCCCCCCCCCCCCC)OC(=O)CCCCCCCCCCCCCCCCC)[C@H](O)CO. The third-order valence-electron chi connectivity index (χ3n) is 25.5. The Balaban J connectivity index is 8.93. The first-order valence-corrected chi connectivity index (χ1v) is 56.0. The fourth-order valence-corrected chi connectivity index (χ4v) is 16.5. The average Bonchev–Trinajstić information content (AvgIpc) is 0.794. The number of carboxylic acid groups (broad SMARTS) is 1. The molecule has 0 rings (SSSR count). The van der Waals surface area contributed by atoms with E-state index in [2.05, 4.69) is 120 Å². The van der Waals surface area contributed by atoms with Gasteiger partial charge in [0.2, 0.25) is 12.2 Å². The molecule has 0 aromatic heterocycles. The molecule has 0 aliphatic heterocycles. The molecule has 834 valence electrons. The first-order valence-electron chi connectivity index (χ1n) is 56.0. The summed E-state index contributed by atoms with van der Waals surface area (Å²) in [5.74, 6) is -15.0. The molecule has 0 amide bonds. The molecule has 0 aromatic rings. The highest BCUT2D eigenvalue weighted by molar-refractivity contribution is 5.85. The summed E-state index contributed by atoms with van der Waals surface area (Å²) in [5.41, 5.74) is 0. The molecule has 0 aliphatic carbocycles. The highest BCUT2D eigenvalue weighted by Gasteiger charge is 2.54. The predicted octanol–water partition coefficient (Wildman–Crippen LogP) is 20.0. The van der Waals surface area contributed by atoms with Crippen LogP contribution in [-0.2, 0) is 81.0 Å². The second-order valence-electron chi connectivity index (χ2n) is 38.6. The van der Waals surface area contributed by atoms with Crippen molar-refractivity contribution >= 4 is 53.7 Å². The van der Waals surface area contributed by atoms with Gasteiger partial charge in [-0.2, -0.15) is 0 Å². The molecule has 0 heterocycles. The molecule has 13 N–H and O–H groups in total. The Morgan fingerprint density at radius 1 is 0.229 bits per heavy atom. The summed E-state index contributed by atoms with van der Waals surface area (Å²) < 4.78 is 46.8. The topological polar surface area (TPSA) is 490 Å². The predicted molar refractivity (Wildman–Crippen MR) is 560 cm³/mol. The molecule has 0 radical (unpaired) electrons. The Kier molecular flexibility index (Phi) is 92.0. The van der Waals surface area contributed by atoms with Gasteiger partial charge >= 0.3 is 53.7 Å². The Morgan fingerprint density at radius 3 is 0.792 bits per heavy atom. The Hall–Kier alpha value is -7.07. The Labute approximate surface area is 864 Å². The van der Waals surface area contributed by atoms with Crippen LogP contribution in [0.5, 0.6) is 0 Å². The van der Waals surface area contributed by atoms with Crippen LogP contribution in [0.1, 0.15) is 458 Å². The molecule has 30 nitrogen and oxygen atoms in total. The lowest BCUT2D eigenvalue weighted by Crippen LogP contribution is -2.60. The number of hydrogen-bond acceptors (Lipinski definition) is 29. The van der Waals surface area contributed by atoms with E-state index in [1.54, 1.807) is 0 Å². The molecular weight excluding hydrogens is 1850 g/mol. The standard InChI is InChI=1S/C114H198O30/c1-6-11-16-21-26-31-36-41-46-51-56-61-66-71-76-81-94(121)137-89-93(138-95(122)82-77-72-67-62-57-52-47-42-37-32-27-22-17-12-7-2)106(142-112(134)103(130)101(128)99(126)90(118)86-115)108(143-113(135)104(131)102(129)100(127)91(119)87-116)109(111(132)133)144-114(136)110(141-98(125)85-80-75-70-65-60-55-50-45-40-35-30-25-20-15-10-5)107(140-97(124)84-79-74-69-64-59-54-49-44-39-34-29-24-19-14-9-4)105(92(120)88-117)139-96(123)83-78-73-68-63-58-53-48-43-38-33-28-23-18-13-8-3/h13,18,28-30,33-35,43-45,48-50,90-93,99-110,115-120,126-131H,6-12,14-17,19-27,31-32,36-42,46-47,51-89H2,1-5H3,(H,132,133)/b18-13-,33-28-,34-29-,35-30-,48-43-,49-44-,50-45-/t90-,91-,92-,93-,99-,100-,101+,102+,103-,104-,105-,106-,107+,108+,109-,110-/m1/s1. The summed E-state index contributed by atoms with van der Waals surface area (Å²) in [5, 5.41) is 143. The fourth-order valence-electron chi connectivity index (χ4n) is 16.5. The normalized spacial score (nSPS) is 15.5. The van der Waals surface area contributed by atoms with E-state index < -0.39 is 197 Å². The number of carbonyl (C=O) groups excluding carboxylic acids is 8. The van der Waals surface area contributed by atoms with E-state index in [1.165, 1.54) is 77.0 Å². The molecule has 144 heavy (non-hydrogen) atoms. The van der Waals surface area contributed by atoms with E-state index in [0.29, 0.717) is 70.6 Å². The number of esters is 8. The van der Waals surface area contributed by atoms with Gasteiger partial charge < -0.3 is 104 Å². The van der Waals surface area contributed by atoms with Crippen LogP contribution in [-0.4, -0.2) is 244 Å². The second kappa shape index (κ2) is 96.8. The van der Waals surface area contributed by atoms with Crippen molar-refractivity contribution in [3.05, 3.63) is 85.1 Å². The fraction of sp³-hybridized carbons (Fsp3) is 0.798. The molecular formula is C114H198O30. The van der Waals surface area contributed by atoms with Crippen LogP contribution in [0.4, 0.5) is 0 Å². The first-order chi connectivity index (χ1) is 69.8. The zero-order chi connectivity index (χ0) is 106. The zero-order valence-electron chi connectivity index (χ0n) is 89.1. The number of hydrogen-bond donors (Lipinski definition) is 13. The van der Waals surface area contributed by atoms with Gasteiger partial charge in [-0.05, 0) is 128 Å². The van der Waals surface area contributed by atoms with Gasteiger partial charge in [-0.3, -0.25) is 24.0 Å². The number of rotatable bonds is 101. The Bertz CT molecular complexity index is 3370. The maximum atomic E-state index is 16.1. The lowest BCUT2D eigenvalue weighted by Gasteiger charge is -2.37. The monoisotopic (exact) mass is 2050 g/mol. The minimum atomic E-state index is -3.44. The van der Waals surface area contributed by atoms with Crippen molar-refractivity contribution in [3.63, 3.8) is 0 Å². The minimum Gasteiger partial charge on any atom is -0.478 e. The van der Waals surface area contributed by atoms with Gasteiger partial charge in [-0.1, -0.05) is 383 Å². The van der Waals surface area contributed by atoms with Crippen LogP contribution in [0.15, 0.2) is 85.1 Å². The molecule has 0 fully saturated rings. The molecule has 16 atom stereocenters. The molecule has 0 aliphatic rings. The highest BCUT2D eigenvalue weighted by atomic mass is 16.7. The average molecular weight is 2050 g/mol. The summed E-state index contributed by atoms with van der Waals surface area (Å²) in [6.45, 7) is 5.45. The lowest BCUT2D eigenvalue weighted by molar-refractivity contribution is -0.225. The van der Waals surface area contributed by atoms with Crippen LogP contribution < -0.4 is 0 Å². The number of aliphatic hydroxyl groups excluding tert-OH is 12. The molecule has 0 saturated carbocycles. The van der Waals surface area contributed by atoms with Gasteiger partial charge in [0.15, 0.2) is 42.7 Å². The number of aliphatic carboxylic acids is 1. The molecule has 0 bridgehead atoms. The van der Waals surface area contributed by atoms with Gasteiger partial charge in [0.1, 0.15) is 49.3 Å². The Morgan fingerprint density at radius 2 is 0.479 bits per heavy atom. The smallest absolute Gasteiger partial charge is 0.352 e. The third kappa shape index (κ3) is 73.9. The van der Waals surface area contributed by atoms with Crippen LogP contribution in [0.25, 0.3) is 0 Å². The van der Waals surface area contributed by atoms with E-state index in [1.807, 2.05) is 0 Å². The van der Waals surface area contributed by atoms with Crippen LogP contribution in [0.3, 0.4) is 0 Å². The van der Waals surface area contributed by atoms with Crippen molar-refractivity contribution in [2.75, 3.05) is 26.4 Å². The molecule has 0 aromatic carbocycles. The van der Waals surface area contributed by atoms with Crippen LogP contribution >= 0.6 is 0 Å². The summed E-state index contributed by atoms with van der Waals surface area (Å²) in [7, 11) is 0. The van der Waals surface area contributed by atoms with E-state index in [-0.39, 0.29) is 44.9 Å². The number of unbranched alkanes of at least 4 members (excludes halogenated alkanes) is 49. The lowest BCUT2D eigenvalue weighted by atomic mass is 9.99. The van der Waals surface area contributed by atoms with Crippen molar-refractivity contribution in [1.29, 1.82) is 0 Å². The van der Waals surface area contributed by atoms with Gasteiger partial charge in [0, 0.05) is 32.1 Å². The van der Waals surface area contributed by atoms with Crippen molar-refractivity contribution in [2.45, 2.75) is 556 Å². The van der Waals surface area contributed by atoms with E-state index in [4.69, 9.17) is 37.9 Å². The second-order valence-corrected chi connectivity index (χ2v) is 38.6. The summed E-state index contributed by atoms with van der Waals surface area (Å²) in [6, 6.07) is 0. The van der Waals surface area contributed by atoms with Crippen LogP contribution in [0.2, 0.25) is 0 Å². The van der Waals surface area contributed by atoms with E-state index >= 15 is 4.79 Å². The van der Waals surface area contributed by atoms with E-state index in [0.717, 1.165) is 212 Å². The number of carboxylic acids is 1. The van der Waals surface area contributed by atoms with Gasteiger partial charge in [0.25, 0.3) is 0 Å². The quantitative estimate of drug-likeness (QED) is 0.0116. The number of allylic oxidation sites excluding steroid dienone is 14. The van der Waals surface area contributed by atoms with E-state index in [9.17, 15) is 105 Å². The van der Waals surface area contributed by atoms with Crippen molar-refractivity contribution in [2.24, 2.45) is 0 Å². The molecule has 0 spiro atoms. The largest absolute Gasteiger partial charge is 0.478 e. The van der Waals surface area contributed by atoms with Gasteiger partial charge in [0.05, 0.1) is 19.8 Å². The molecule has 0 saturated heterocycles. The number of aliphatic hydroxyl groups is 12. The maximum absolute atomic E-state index is 16.1. The third-order valence-corrected chi connectivity index (χ3v) is 25.5. The number of ether oxygens (including phenoxy) is 8. The summed E-state index contributed by atoms with van der Waals surface area (Å²) in [6.07, 6.45) is 35.0. The highest BCUT2D eigenvalue weighted by Crippen LogP contribution is 2.30. The van der Waals surface area contributed by atoms with Crippen molar-refractivity contribution < 1.29 is 147 Å². The van der Waals surface area contributed by atoms with Crippen molar-refractivity contribution in [1.82, 2.24) is 0 Å². The zero-order valence-corrected chi connectivity index (χ0v) is 89.1. The summed E-state index contributed by atoms with van der Waals surface area (Å²) >= 11 is 0. The molecule has 30 heteroatoms. The first kappa shape index (κ1) is 137.